The van der Waals surface area contributed by atoms with Gasteiger partial charge in [0.2, 0.25) is 5.36 Å². The van der Waals surface area contributed by atoms with Crippen molar-refractivity contribution in [1.82, 2.24) is 8.96 Å². The van der Waals surface area contributed by atoms with Crippen LogP contribution in [0.3, 0.4) is 0 Å². The first-order valence-corrected chi connectivity index (χ1v) is 9.75. The zero-order valence-electron chi connectivity index (χ0n) is 15.5. The number of furan rings is 2. The molecule has 2 aliphatic rings. The van der Waals surface area contributed by atoms with Gasteiger partial charge in [0.25, 0.3) is 0 Å². The monoisotopic (exact) mass is 388 g/mol. The number of rotatable bonds is 0. The van der Waals surface area contributed by atoms with Crippen LogP contribution >= 0.6 is 0 Å². The molecule has 0 spiro atoms. The standard InChI is InChI=1S/C22H15BF2N2O2/c1-12-15-10-19-21(13-6-2-4-8-17(13)28-19)26(15)23(24,25)27-16(12)11-20-22(27)14-7-3-5-9-18(14)29-20/h2-12,15H,1H3. The molecule has 4 nitrogen and oxygen atoms in total. The van der Waals surface area contributed by atoms with E-state index in [2.05, 4.69) is 0 Å². The molecular formula is C22H15BF2N2O2. The number of nitrogens with zero attached hydrogens (tertiary/aromatic N) is 2. The van der Waals surface area contributed by atoms with Crippen molar-refractivity contribution in [3.05, 3.63) is 71.1 Å². The molecule has 3 aromatic heterocycles. The van der Waals surface area contributed by atoms with Gasteiger partial charge >= 0.3 is 6.97 Å². The molecule has 5 aromatic rings. The average Bonchev–Trinajstić information content (AvgIpc) is 3.42. The van der Waals surface area contributed by atoms with E-state index in [1.807, 2.05) is 61.5 Å². The molecule has 142 valence electrons. The van der Waals surface area contributed by atoms with Crippen molar-refractivity contribution in [2.45, 2.75) is 18.9 Å². The van der Waals surface area contributed by atoms with E-state index < -0.39 is 13.0 Å². The number of hydrogen-bond acceptors (Lipinski definition) is 2. The summed E-state index contributed by atoms with van der Waals surface area (Å²) in [4.78, 5) is 0. The summed E-state index contributed by atoms with van der Waals surface area (Å²) in [5.74, 6) is -0.140. The molecule has 0 amide bonds. The van der Waals surface area contributed by atoms with Crippen molar-refractivity contribution >= 4 is 46.1 Å². The number of fused-ring (bicyclic) bond motifs is 9. The Morgan fingerprint density at radius 2 is 1.62 bits per heavy atom. The zero-order chi connectivity index (χ0) is 19.5. The molecule has 0 bridgehead atoms. The van der Waals surface area contributed by atoms with Crippen LogP contribution in [-0.4, -0.2) is 17.5 Å². The topological polar surface area (TPSA) is 34.2 Å². The van der Waals surface area contributed by atoms with Crippen LogP contribution in [0.1, 0.15) is 18.5 Å². The lowest BCUT2D eigenvalue weighted by Crippen LogP contribution is -2.62. The molecule has 7 rings (SSSR count). The first-order valence-electron chi connectivity index (χ1n) is 9.75. The molecule has 0 radical (unpaired) electrons. The van der Waals surface area contributed by atoms with Gasteiger partial charge in [0.15, 0.2) is 5.42 Å². The maximum atomic E-state index is 16.2. The highest BCUT2D eigenvalue weighted by Gasteiger charge is 2.57. The first-order chi connectivity index (χ1) is 14.1. The Labute approximate surface area is 163 Å². The lowest BCUT2D eigenvalue weighted by Gasteiger charge is -2.37. The van der Waals surface area contributed by atoms with Crippen LogP contribution in [0, 0.1) is 0 Å². The molecule has 2 unspecified atom stereocenters. The van der Waals surface area contributed by atoms with Crippen LogP contribution in [0.4, 0.5) is 8.63 Å². The molecular weight excluding hydrogens is 373 g/mol. The third-order valence-electron chi connectivity index (χ3n) is 6.51. The van der Waals surface area contributed by atoms with Gasteiger partial charge in [-0.05, 0) is 30.3 Å². The number of benzene rings is 2. The van der Waals surface area contributed by atoms with Crippen molar-refractivity contribution in [3.8, 4) is 0 Å². The van der Waals surface area contributed by atoms with Crippen LogP contribution in [-0.2, 0) is 0 Å². The maximum absolute atomic E-state index is 16.2. The van der Waals surface area contributed by atoms with Crippen molar-refractivity contribution in [3.63, 3.8) is 0 Å². The number of aromatic nitrogens is 1. The second kappa shape index (κ2) is 4.79. The predicted octanol–water partition coefficient (Wildman–Crippen LogP) is 3.83. The molecule has 0 fully saturated rings. The van der Waals surface area contributed by atoms with Gasteiger partial charge < -0.3 is 26.4 Å². The van der Waals surface area contributed by atoms with Crippen LogP contribution < -0.4 is 15.3 Å². The second-order valence-electron chi connectivity index (χ2n) is 8.00. The van der Waals surface area contributed by atoms with Gasteiger partial charge in [0.1, 0.15) is 22.8 Å². The van der Waals surface area contributed by atoms with Gasteiger partial charge in [-0.1, -0.05) is 31.2 Å². The third kappa shape index (κ3) is 1.69. The average molecular weight is 388 g/mol. The summed E-state index contributed by atoms with van der Waals surface area (Å²) in [5.41, 5.74) is 3.35. The Balaban J connectivity index is 1.67. The van der Waals surface area contributed by atoms with Gasteiger partial charge in [-0.2, -0.15) is 0 Å². The minimum Gasteiger partial charge on any atom is -0.455 e. The molecule has 2 aromatic carbocycles. The summed E-state index contributed by atoms with van der Waals surface area (Å²) >= 11 is 0. The molecule has 2 aliphatic heterocycles. The fourth-order valence-corrected chi connectivity index (χ4v) is 5.28. The number of halogens is 2. The Hall–Kier alpha value is -3.35. The minimum absolute atomic E-state index is 0.140. The van der Waals surface area contributed by atoms with Gasteiger partial charge in [-0.3, -0.25) is 0 Å². The quantitative estimate of drug-likeness (QED) is 0.378. The number of para-hydroxylation sites is 2. The van der Waals surface area contributed by atoms with E-state index in [-0.39, 0.29) is 5.92 Å². The summed E-state index contributed by atoms with van der Waals surface area (Å²) in [6, 6.07) is 16.0. The molecule has 29 heavy (non-hydrogen) atoms. The highest BCUT2D eigenvalue weighted by Crippen LogP contribution is 2.41. The Kier molecular flexibility index (Phi) is 2.57. The lowest BCUT2D eigenvalue weighted by molar-refractivity contribution is 0.413. The van der Waals surface area contributed by atoms with E-state index in [4.69, 9.17) is 8.83 Å². The molecule has 0 aliphatic carbocycles. The van der Waals surface area contributed by atoms with E-state index in [0.29, 0.717) is 44.1 Å². The van der Waals surface area contributed by atoms with Crippen molar-refractivity contribution in [2.24, 2.45) is 0 Å². The van der Waals surface area contributed by atoms with Crippen molar-refractivity contribution in [1.29, 1.82) is 0 Å². The van der Waals surface area contributed by atoms with Crippen molar-refractivity contribution in [2.75, 3.05) is 0 Å². The van der Waals surface area contributed by atoms with Crippen LogP contribution in [0.25, 0.3) is 39.1 Å². The summed E-state index contributed by atoms with van der Waals surface area (Å²) in [6.07, 6.45) is 1.84. The fourth-order valence-electron chi connectivity index (χ4n) is 5.28. The van der Waals surface area contributed by atoms with Crippen LogP contribution in [0.15, 0.2) is 63.4 Å². The SMILES string of the molecule is CC1c2cc3oc4ccccc4c3n2[B-](F)(F)[N+]2=c3c(oc4ccccc34)=CC12. The smallest absolute Gasteiger partial charge is 0.455 e. The van der Waals surface area contributed by atoms with Gasteiger partial charge in [-0.25, -0.2) is 0 Å². The van der Waals surface area contributed by atoms with Gasteiger partial charge in [-0.15, -0.1) is 0 Å². The predicted molar refractivity (Wildman–Crippen MR) is 108 cm³/mol. The Bertz CT molecular complexity index is 1630. The normalized spacial score (nSPS) is 22.1. The van der Waals surface area contributed by atoms with Gasteiger partial charge in [0, 0.05) is 17.2 Å². The highest BCUT2D eigenvalue weighted by molar-refractivity contribution is 6.64. The maximum Gasteiger partial charge on any atom is 0.732 e. The summed E-state index contributed by atoms with van der Waals surface area (Å²) < 4.78 is 46.8. The van der Waals surface area contributed by atoms with E-state index in [1.54, 1.807) is 6.07 Å². The highest BCUT2D eigenvalue weighted by atomic mass is 19.2. The zero-order valence-corrected chi connectivity index (χ0v) is 15.5. The number of hydrogen-bond donors (Lipinski definition) is 0. The van der Waals surface area contributed by atoms with Crippen LogP contribution in [0.2, 0.25) is 0 Å². The summed E-state index contributed by atoms with van der Waals surface area (Å²) in [6.45, 7) is -2.11. The summed E-state index contributed by atoms with van der Waals surface area (Å²) in [7, 11) is 0. The Morgan fingerprint density at radius 1 is 0.931 bits per heavy atom. The minimum atomic E-state index is -4.10. The molecule has 0 N–H and O–H groups in total. The van der Waals surface area contributed by atoms with E-state index in [0.717, 1.165) is 5.39 Å². The van der Waals surface area contributed by atoms with Crippen molar-refractivity contribution < 1.29 is 17.5 Å². The fraction of sp³-hybridized carbons (Fsp3) is 0.136. The van der Waals surface area contributed by atoms with E-state index >= 15 is 8.63 Å². The largest absolute Gasteiger partial charge is 0.732 e. The third-order valence-corrected chi connectivity index (χ3v) is 6.51. The lowest BCUT2D eigenvalue weighted by atomic mass is 9.82. The first kappa shape index (κ1) is 15.6. The molecule has 5 heterocycles. The molecule has 7 heteroatoms. The summed E-state index contributed by atoms with van der Waals surface area (Å²) in [5, 5.41) is 1.92. The Morgan fingerprint density at radius 3 is 2.41 bits per heavy atom. The van der Waals surface area contributed by atoms with E-state index in [1.165, 1.54) is 8.96 Å². The van der Waals surface area contributed by atoms with Gasteiger partial charge in [0.05, 0.1) is 16.8 Å². The van der Waals surface area contributed by atoms with Crippen LogP contribution in [0.5, 0.6) is 0 Å². The second-order valence-corrected chi connectivity index (χ2v) is 8.00. The molecule has 0 saturated carbocycles. The molecule has 2 atom stereocenters. The molecule has 0 saturated heterocycles. The van der Waals surface area contributed by atoms with E-state index in [9.17, 15) is 0 Å².